The fourth-order valence-corrected chi connectivity index (χ4v) is 3.15. The molecule has 0 heterocycles. The highest BCUT2D eigenvalue weighted by molar-refractivity contribution is 7.99. The fraction of sp³-hybridized carbons (Fsp3) is 0.625. The predicted molar refractivity (Wildman–Crippen MR) is 88.3 cm³/mol. The van der Waals surface area contributed by atoms with Crippen LogP contribution in [0.3, 0.4) is 0 Å². The first-order valence-corrected chi connectivity index (χ1v) is 8.60. The lowest BCUT2D eigenvalue weighted by Crippen LogP contribution is -2.19. The summed E-state index contributed by atoms with van der Waals surface area (Å²) in [5.41, 5.74) is 1.27. The molecule has 3 heteroatoms. The van der Waals surface area contributed by atoms with Crippen LogP contribution in [-0.4, -0.2) is 12.3 Å². The first kappa shape index (κ1) is 16.9. The van der Waals surface area contributed by atoms with Crippen molar-refractivity contribution in [1.82, 2.24) is 5.32 Å². The van der Waals surface area contributed by atoms with Gasteiger partial charge in [0.05, 0.1) is 5.02 Å². The molecule has 1 nitrogen and oxygen atoms in total. The monoisotopic (exact) mass is 299 g/mol. The van der Waals surface area contributed by atoms with Gasteiger partial charge in [0.1, 0.15) is 0 Å². The summed E-state index contributed by atoms with van der Waals surface area (Å²) in [6.45, 7) is 9.93. The van der Waals surface area contributed by atoms with Crippen LogP contribution >= 0.6 is 23.4 Å². The third-order valence-corrected chi connectivity index (χ3v) is 5.20. The van der Waals surface area contributed by atoms with Gasteiger partial charge in [0.2, 0.25) is 0 Å². The number of benzene rings is 1. The summed E-state index contributed by atoms with van der Waals surface area (Å²) >= 11 is 8.25. The number of nitrogens with one attached hydrogen (secondary N) is 1. The van der Waals surface area contributed by atoms with Crippen molar-refractivity contribution in [2.75, 3.05) is 12.3 Å². The van der Waals surface area contributed by atoms with Crippen LogP contribution in [-0.2, 0) is 0 Å². The minimum atomic E-state index is 0.367. The molecule has 0 saturated carbocycles. The van der Waals surface area contributed by atoms with E-state index < -0.39 is 0 Å². The van der Waals surface area contributed by atoms with Gasteiger partial charge < -0.3 is 5.32 Å². The summed E-state index contributed by atoms with van der Waals surface area (Å²) in [5, 5.41) is 4.37. The Morgan fingerprint density at radius 2 is 2.00 bits per heavy atom. The predicted octanol–water partition coefficient (Wildman–Crippen LogP) is 5.54. The molecule has 0 bridgehead atoms. The van der Waals surface area contributed by atoms with E-state index in [1.165, 1.54) is 16.9 Å². The van der Waals surface area contributed by atoms with Gasteiger partial charge in [-0.05, 0) is 43.5 Å². The lowest BCUT2D eigenvalue weighted by Gasteiger charge is -2.15. The molecular weight excluding hydrogens is 274 g/mol. The SMILES string of the molecule is CCCNC(C)c1ccc(SCC(C)CC)c(Cl)c1. The maximum atomic E-state index is 6.39. The summed E-state index contributed by atoms with van der Waals surface area (Å²) in [6.07, 6.45) is 2.38. The number of hydrogen-bond acceptors (Lipinski definition) is 2. The summed E-state index contributed by atoms with van der Waals surface area (Å²) in [4.78, 5) is 1.20. The van der Waals surface area contributed by atoms with Gasteiger partial charge in [-0.2, -0.15) is 0 Å². The van der Waals surface area contributed by atoms with Crippen molar-refractivity contribution in [1.29, 1.82) is 0 Å². The van der Waals surface area contributed by atoms with Gasteiger partial charge >= 0.3 is 0 Å². The van der Waals surface area contributed by atoms with Gasteiger partial charge in [0, 0.05) is 16.7 Å². The number of thioether (sulfide) groups is 1. The zero-order valence-corrected chi connectivity index (χ0v) is 14.1. The van der Waals surface area contributed by atoms with E-state index in [4.69, 9.17) is 11.6 Å². The summed E-state index contributed by atoms with van der Waals surface area (Å²) in [6, 6.07) is 6.83. The van der Waals surface area contributed by atoms with Crippen molar-refractivity contribution in [2.24, 2.45) is 5.92 Å². The molecule has 108 valence electrons. The molecule has 0 aromatic heterocycles. The average molecular weight is 300 g/mol. The summed E-state index contributed by atoms with van der Waals surface area (Å²) < 4.78 is 0. The summed E-state index contributed by atoms with van der Waals surface area (Å²) in [7, 11) is 0. The quantitative estimate of drug-likeness (QED) is 0.633. The molecule has 19 heavy (non-hydrogen) atoms. The van der Waals surface area contributed by atoms with Crippen molar-refractivity contribution in [2.45, 2.75) is 51.5 Å². The Morgan fingerprint density at radius 1 is 1.26 bits per heavy atom. The molecule has 1 rings (SSSR count). The highest BCUT2D eigenvalue weighted by atomic mass is 35.5. The molecular formula is C16H26ClNS. The maximum Gasteiger partial charge on any atom is 0.0545 e. The van der Waals surface area contributed by atoms with E-state index in [-0.39, 0.29) is 0 Å². The van der Waals surface area contributed by atoms with E-state index in [1.54, 1.807) is 0 Å². The molecule has 0 aliphatic heterocycles. The Hall–Kier alpha value is -0.180. The van der Waals surface area contributed by atoms with Gasteiger partial charge in [-0.3, -0.25) is 0 Å². The molecule has 2 unspecified atom stereocenters. The molecule has 1 aromatic carbocycles. The minimum absolute atomic E-state index is 0.367. The van der Waals surface area contributed by atoms with Gasteiger partial charge in [0.15, 0.2) is 0 Å². The van der Waals surface area contributed by atoms with E-state index in [1.807, 2.05) is 11.8 Å². The zero-order chi connectivity index (χ0) is 14.3. The van der Waals surface area contributed by atoms with Crippen molar-refractivity contribution in [3.05, 3.63) is 28.8 Å². The molecule has 0 spiro atoms. The molecule has 1 N–H and O–H groups in total. The average Bonchev–Trinajstić information content (AvgIpc) is 2.42. The molecule has 2 atom stereocenters. The Balaban J connectivity index is 2.63. The molecule has 0 aliphatic rings. The van der Waals surface area contributed by atoms with Crippen LogP contribution in [0.1, 0.15) is 52.1 Å². The third kappa shape index (κ3) is 5.76. The summed E-state index contributed by atoms with van der Waals surface area (Å²) in [5.74, 6) is 1.88. The number of rotatable bonds is 8. The second kappa shape index (κ2) is 8.89. The maximum absolute atomic E-state index is 6.39. The Kier molecular flexibility index (Phi) is 7.89. The molecule has 1 aromatic rings. The first-order valence-electron chi connectivity index (χ1n) is 7.24. The van der Waals surface area contributed by atoms with Crippen molar-refractivity contribution in [3.63, 3.8) is 0 Å². The minimum Gasteiger partial charge on any atom is -0.310 e. The van der Waals surface area contributed by atoms with Crippen molar-refractivity contribution >= 4 is 23.4 Å². The first-order chi connectivity index (χ1) is 9.08. The highest BCUT2D eigenvalue weighted by Crippen LogP contribution is 2.31. The number of halogens is 1. The van der Waals surface area contributed by atoms with Crippen LogP contribution in [0, 0.1) is 5.92 Å². The van der Waals surface area contributed by atoms with Crippen molar-refractivity contribution in [3.8, 4) is 0 Å². The zero-order valence-electron chi connectivity index (χ0n) is 12.5. The van der Waals surface area contributed by atoms with Gasteiger partial charge in [-0.15, -0.1) is 11.8 Å². The largest absolute Gasteiger partial charge is 0.310 e. The fourth-order valence-electron chi connectivity index (χ4n) is 1.73. The van der Waals surface area contributed by atoms with Crippen molar-refractivity contribution < 1.29 is 0 Å². The van der Waals surface area contributed by atoms with Crippen LogP contribution in [0.4, 0.5) is 0 Å². The van der Waals surface area contributed by atoms with E-state index in [9.17, 15) is 0 Å². The van der Waals surface area contributed by atoms with E-state index >= 15 is 0 Å². The van der Waals surface area contributed by atoms with Gasteiger partial charge in [-0.25, -0.2) is 0 Å². The van der Waals surface area contributed by atoms with E-state index in [2.05, 4.69) is 51.2 Å². The van der Waals surface area contributed by atoms with Crippen LogP contribution < -0.4 is 5.32 Å². The Bertz CT molecular complexity index is 381. The van der Waals surface area contributed by atoms with Crippen LogP contribution in [0.2, 0.25) is 5.02 Å². The lowest BCUT2D eigenvalue weighted by molar-refractivity contribution is 0.570. The van der Waals surface area contributed by atoms with E-state index in [0.717, 1.165) is 29.7 Å². The number of hydrogen-bond donors (Lipinski definition) is 1. The molecule has 0 fully saturated rings. The molecule has 0 radical (unpaired) electrons. The molecule has 0 saturated heterocycles. The normalized spacial score (nSPS) is 14.4. The smallest absolute Gasteiger partial charge is 0.0545 e. The van der Waals surface area contributed by atoms with E-state index in [0.29, 0.717) is 6.04 Å². The second-order valence-electron chi connectivity index (χ2n) is 5.19. The highest BCUT2D eigenvalue weighted by Gasteiger charge is 2.09. The molecule has 0 aliphatic carbocycles. The van der Waals surface area contributed by atoms with Gasteiger partial charge in [0.25, 0.3) is 0 Å². The molecule has 0 amide bonds. The van der Waals surface area contributed by atoms with Crippen LogP contribution in [0.25, 0.3) is 0 Å². The lowest BCUT2D eigenvalue weighted by atomic mass is 10.1. The van der Waals surface area contributed by atoms with Crippen LogP contribution in [0.15, 0.2) is 23.1 Å². The third-order valence-electron chi connectivity index (χ3n) is 3.38. The second-order valence-corrected chi connectivity index (χ2v) is 6.66. The van der Waals surface area contributed by atoms with Gasteiger partial charge in [-0.1, -0.05) is 44.9 Å². The standard InChI is InChI=1S/C16H26ClNS/c1-5-9-18-13(4)14-7-8-16(15(17)10-14)19-11-12(3)6-2/h7-8,10,12-13,18H,5-6,9,11H2,1-4H3. The topological polar surface area (TPSA) is 12.0 Å². The Morgan fingerprint density at radius 3 is 2.58 bits per heavy atom. The van der Waals surface area contributed by atoms with Crippen LogP contribution in [0.5, 0.6) is 0 Å². The Labute approximate surface area is 127 Å².